The van der Waals surface area contributed by atoms with Crippen LogP contribution >= 0.6 is 11.3 Å². The molecule has 2 rings (SSSR count). The monoisotopic (exact) mass is 312 g/mol. The highest BCUT2D eigenvalue weighted by atomic mass is 32.1. The zero-order valence-corrected chi connectivity index (χ0v) is 12.5. The van der Waals surface area contributed by atoms with Gasteiger partial charge in [-0.2, -0.15) is 0 Å². The molecule has 0 aromatic carbocycles. The SMILES string of the molecule is COC(=O)Cc1nc(NC(=O)[C@@H]2CC[C@H]2C(=O)O)sc1C. The lowest BCUT2D eigenvalue weighted by atomic mass is 9.73. The number of carbonyl (C=O) groups is 3. The Kier molecular flexibility index (Phi) is 4.56. The van der Waals surface area contributed by atoms with Crippen molar-refractivity contribution in [2.45, 2.75) is 26.2 Å². The lowest BCUT2D eigenvalue weighted by molar-refractivity contribution is -0.151. The van der Waals surface area contributed by atoms with Crippen LogP contribution in [-0.2, 0) is 25.5 Å². The third-order valence-electron chi connectivity index (χ3n) is 3.59. The molecule has 2 N–H and O–H groups in total. The minimum atomic E-state index is -0.942. The average molecular weight is 312 g/mol. The molecule has 0 spiro atoms. The van der Waals surface area contributed by atoms with Gasteiger partial charge in [-0.15, -0.1) is 11.3 Å². The van der Waals surface area contributed by atoms with E-state index in [1.165, 1.54) is 18.4 Å². The molecule has 0 aliphatic heterocycles. The first-order valence-electron chi connectivity index (χ1n) is 6.49. The minimum absolute atomic E-state index is 0.0515. The van der Waals surface area contributed by atoms with E-state index in [1.807, 2.05) is 0 Å². The van der Waals surface area contributed by atoms with Gasteiger partial charge < -0.3 is 15.2 Å². The van der Waals surface area contributed by atoms with Crippen LogP contribution in [0.2, 0.25) is 0 Å². The third-order valence-corrected chi connectivity index (χ3v) is 4.52. The van der Waals surface area contributed by atoms with Crippen LogP contribution < -0.4 is 5.32 Å². The van der Waals surface area contributed by atoms with Gasteiger partial charge in [0.25, 0.3) is 0 Å². The Morgan fingerprint density at radius 1 is 1.38 bits per heavy atom. The van der Waals surface area contributed by atoms with Crippen molar-refractivity contribution in [3.63, 3.8) is 0 Å². The summed E-state index contributed by atoms with van der Waals surface area (Å²) >= 11 is 1.26. The molecule has 114 valence electrons. The van der Waals surface area contributed by atoms with E-state index in [1.54, 1.807) is 6.92 Å². The Hall–Kier alpha value is -1.96. The second-order valence-corrected chi connectivity index (χ2v) is 6.10. The summed E-state index contributed by atoms with van der Waals surface area (Å²) in [5, 5.41) is 12.0. The van der Waals surface area contributed by atoms with Crippen molar-refractivity contribution in [1.29, 1.82) is 0 Å². The zero-order chi connectivity index (χ0) is 15.6. The van der Waals surface area contributed by atoms with Crippen LogP contribution in [0.25, 0.3) is 0 Å². The van der Waals surface area contributed by atoms with Gasteiger partial charge in [0.1, 0.15) is 0 Å². The number of methoxy groups -OCH3 is 1. The van der Waals surface area contributed by atoms with E-state index >= 15 is 0 Å². The standard InChI is InChI=1S/C13H16N2O5S/c1-6-9(5-10(16)20-2)14-13(21-6)15-11(17)7-3-4-8(7)12(18)19/h7-8H,3-5H2,1-2H3,(H,18,19)(H,14,15,17)/t7-,8-/m1/s1. The van der Waals surface area contributed by atoms with E-state index in [0.717, 1.165) is 4.88 Å². The van der Waals surface area contributed by atoms with Crippen molar-refractivity contribution in [3.05, 3.63) is 10.6 Å². The van der Waals surface area contributed by atoms with Crippen LogP contribution in [0.4, 0.5) is 5.13 Å². The molecule has 0 saturated heterocycles. The number of rotatable bonds is 5. The van der Waals surface area contributed by atoms with Crippen molar-refractivity contribution in [2.24, 2.45) is 11.8 Å². The molecule has 1 aromatic heterocycles. The number of anilines is 1. The Morgan fingerprint density at radius 2 is 2.05 bits per heavy atom. The largest absolute Gasteiger partial charge is 0.481 e. The van der Waals surface area contributed by atoms with Crippen LogP contribution in [0.15, 0.2) is 0 Å². The van der Waals surface area contributed by atoms with Gasteiger partial charge in [0.05, 0.1) is 31.1 Å². The number of esters is 1. The molecular formula is C13H16N2O5S. The number of hydrogen-bond acceptors (Lipinski definition) is 6. The summed E-state index contributed by atoms with van der Waals surface area (Å²) < 4.78 is 4.58. The summed E-state index contributed by atoms with van der Waals surface area (Å²) in [5.41, 5.74) is 0.561. The molecule has 0 radical (unpaired) electrons. The molecule has 1 amide bonds. The van der Waals surface area contributed by atoms with E-state index in [9.17, 15) is 14.4 Å². The normalized spacial score (nSPS) is 20.5. The summed E-state index contributed by atoms with van der Waals surface area (Å²) in [6.45, 7) is 1.80. The van der Waals surface area contributed by atoms with E-state index < -0.39 is 23.8 Å². The smallest absolute Gasteiger partial charge is 0.311 e. The van der Waals surface area contributed by atoms with Crippen LogP contribution in [0.3, 0.4) is 0 Å². The van der Waals surface area contributed by atoms with E-state index in [0.29, 0.717) is 23.7 Å². The number of aryl methyl sites for hydroxylation is 1. The van der Waals surface area contributed by atoms with Crippen LogP contribution in [0, 0.1) is 18.8 Å². The molecule has 0 bridgehead atoms. The number of amides is 1. The molecule has 1 heterocycles. The fourth-order valence-electron chi connectivity index (χ4n) is 2.16. The van der Waals surface area contributed by atoms with Crippen molar-refractivity contribution in [1.82, 2.24) is 4.98 Å². The third kappa shape index (κ3) is 3.38. The van der Waals surface area contributed by atoms with Gasteiger partial charge in [0.15, 0.2) is 5.13 Å². The lowest BCUT2D eigenvalue weighted by Gasteiger charge is -2.31. The summed E-state index contributed by atoms with van der Waals surface area (Å²) in [7, 11) is 1.30. The van der Waals surface area contributed by atoms with Gasteiger partial charge >= 0.3 is 11.9 Å². The predicted molar refractivity (Wildman–Crippen MR) is 75.1 cm³/mol. The molecule has 7 nitrogen and oxygen atoms in total. The molecule has 1 fully saturated rings. The Balaban J connectivity index is 2.00. The van der Waals surface area contributed by atoms with Crippen LogP contribution in [0.5, 0.6) is 0 Å². The van der Waals surface area contributed by atoms with Crippen LogP contribution in [0.1, 0.15) is 23.4 Å². The fourth-order valence-corrected chi connectivity index (χ4v) is 2.99. The fraction of sp³-hybridized carbons (Fsp3) is 0.538. The number of carboxylic acids is 1. The number of ether oxygens (including phenoxy) is 1. The Bertz CT molecular complexity index is 583. The number of hydrogen-bond donors (Lipinski definition) is 2. The number of nitrogens with zero attached hydrogens (tertiary/aromatic N) is 1. The molecule has 8 heteroatoms. The molecular weight excluding hydrogens is 296 g/mol. The summed E-state index contributed by atoms with van der Waals surface area (Å²) in [6.07, 6.45) is 1.15. The molecule has 2 atom stereocenters. The van der Waals surface area contributed by atoms with Crippen molar-refractivity contribution >= 4 is 34.3 Å². The van der Waals surface area contributed by atoms with Gasteiger partial charge in [-0.05, 0) is 19.8 Å². The first-order chi connectivity index (χ1) is 9.92. The Labute approximate surface area is 125 Å². The first-order valence-corrected chi connectivity index (χ1v) is 7.30. The lowest BCUT2D eigenvalue weighted by Crippen LogP contribution is -2.41. The maximum atomic E-state index is 12.0. The topological polar surface area (TPSA) is 106 Å². The van der Waals surface area contributed by atoms with Crippen molar-refractivity contribution in [3.8, 4) is 0 Å². The maximum absolute atomic E-state index is 12.0. The van der Waals surface area contributed by atoms with E-state index in [2.05, 4.69) is 15.0 Å². The summed E-state index contributed by atoms with van der Waals surface area (Å²) in [5.74, 6) is -2.78. The van der Waals surface area contributed by atoms with Gasteiger partial charge in [-0.3, -0.25) is 14.4 Å². The number of thiazole rings is 1. The van der Waals surface area contributed by atoms with Crippen molar-refractivity contribution < 1.29 is 24.2 Å². The highest BCUT2D eigenvalue weighted by molar-refractivity contribution is 7.15. The summed E-state index contributed by atoms with van der Waals surface area (Å²) in [6, 6.07) is 0. The first kappa shape index (κ1) is 15.4. The zero-order valence-electron chi connectivity index (χ0n) is 11.7. The van der Waals surface area contributed by atoms with Gasteiger partial charge in [-0.25, -0.2) is 4.98 Å². The number of carbonyl (C=O) groups excluding carboxylic acids is 2. The summed E-state index contributed by atoms with van der Waals surface area (Å²) in [4.78, 5) is 39.2. The molecule has 0 unspecified atom stereocenters. The van der Waals surface area contributed by atoms with E-state index in [4.69, 9.17) is 5.11 Å². The molecule has 1 saturated carbocycles. The number of aliphatic carboxylic acids is 1. The van der Waals surface area contributed by atoms with Gasteiger partial charge in [0, 0.05) is 4.88 Å². The quantitative estimate of drug-likeness (QED) is 0.792. The highest BCUT2D eigenvalue weighted by Crippen LogP contribution is 2.35. The molecule has 1 aliphatic carbocycles. The predicted octanol–water partition coefficient (Wildman–Crippen LogP) is 1.22. The maximum Gasteiger partial charge on any atom is 0.311 e. The average Bonchev–Trinajstić information content (AvgIpc) is 2.66. The van der Waals surface area contributed by atoms with E-state index in [-0.39, 0.29) is 12.3 Å². The number of aromatic nitrogens is 1. The second-order valence-electron chi connectivity index (χ2n) is 4.89. The van der Waals surface area contributed by atoms with Crippen LogP contribution in [-0.4, -0.2) is 35.0 Å². The highest BCUT2D eigenvalue weighted by Gasteiger charge is 2.41. The van der Waals surface area contributed by atoms with Gasteiger partial charge in [-0.1, -0.05) is 0 Å². The number of carboxylic acid groups (broad SMARTS) is 1. The number of nitrogens with one attached hydrogen (secondary N) is 1. The second kappa shape index (κ2) is 6.21. The molecule has 1 aromatic rings. The van der Waals surface area contributed by atoms with Crippen molar-refractivity contribution in [2.75, 3.05) is 12.4 Å². The molecule has 21 heavy (non-hydrogen) atoms. The Morgan fingerprint density at radius 3 is 2.57 bits per heavy atom. The van der Waals surface area contributed by atoms with Gasteiger partial charge in [0.2, 0.25) is 5.91 Å². The minimum Gasteiger partial charge on any atom is -0.481 e. The molecule has 1 aliphatic rings.